The molecule has 0 amide bonds. The van der Waals surface area contributed by atoms with E-state index in [2.05, 4.69) is 34.6 Å². The number of aliphatic carboxylic acids is 5. The summed E-state index contributed by atoms with van der Waals surface area (Å²) in [5.74, 6) is -4.27. The van der Waals surface area contributed by atoms with Crippen LogP contribution < -0.4 is 20.4 Å². The third-order valence-corrected chi connectivity index (χ3v) is 18.9. The molecule has 0 atom stereocenters. The first-order valence-corrected chi connectivity index (χ1v) is 42.9. The van der Waals surface area contributed by atoms with Crippen molar-refractivity contribution in [3.8, 4) is 0 Å². The second-order valence-electron chi connectivity index (χ2n) is 29.0. The topological polar surface area (TPSA) is 198 Å². The van der Waals surface area contributed by atoms with E-state index >= 15 is 0 Å². The first-order valence-electron chi connectivity index (χ1n) is 42.9. The van der Waals surface area contributed by atoms with Crippen molar-refractivity contribution < 1.29 is 49.5 Å². The molecule has 0 aliphatic carbocycles. The normalized spacial score (nSPS) is 10.6. The number of carboxylic acids is 5. The largest absolute Gasteiger partial charge is 2.00 e. The van der Waals surface area contributed by atoms with Crippen LogP contribution >= 0.6 is 0 Å². The Morgan fingerprint density at radius 2 is 0.245 bits per heavy atom. The van der Waals surface area contributed by atoms with Gasteiger partial charge >= 0.3 is 81.4 Å². The zero-order valence-corrected chi connectivity index (χ0v) is 71.2. The maximum Gasteiger partial charge on any atom is 2.00 e. The van der Waals surface area contributed by atoms with Crippen LogP contribution in [0.3, 0.4) is 0 Å². The smallest absolute Gasteiger partial charge is 0.550 e. The van der Waals surface area contributed by atoms with E-state index < -0.39 is 29.8 Å². The van der Waals surface area contributed by atoms with Crippen LogP contribution in [-0.2, 0) is 24.0 Å². The summed E-state index contributed by atoms with van der Waals surface area (Å²) >= 11 is 0. The molecule has 12 heteroatoms. The Bertz CT molecular complexity index is 1310. The van der Waals surface area contributed by atoms with Crippen molar-refractivity contribution in [2.45, 2.75) is 523 Å². The van der Waals surface area contributed by atoms with Crippen LogP contribution in [0.4, 0.5) is 0 Å². The maximum atomic E-state index is 10.4. The maximum absolute atomic E-state index is 10.4. The van der Waals surface area contributed by atoms with E-state index in [4.69, 9.17) is 5.11 Å². The van der Waals surface area contributed by atoms with Crippen LogP contribution in [0, 0.1) is 0 Å². The van der Waals surface area contributed by atoms with Crippen LogP contribution in [0.2, 0.25) is 0 Å². The third kappa shape index (κ3) is 132. The van der Waals surface area contributed by atoms with Gasteiger partial charge in [0.1, 0.15) is 0 Å². The fourth-order valence-corrected chi connectivity index (χ4v) is 12.5. The van der Waals surface area contributed by atoms with Gasteiger partial charge < -0.3 is 44.7 Å². The molecule has 0 spiro atoms. The molecule has 0 fully saturated rings. The molecular formula is C86H168Ca2O10. The molecule has 1 N–H and O–H groups in total. The van der Waals surface area contributed by atoms with E-state index in [1.54, 1.807) is 0 Å². The predicted molar refractivity (Wildman–Crippen MR) is 418 cm³/mol. The molecule has 0 saturated heterocycles. The minimum absolute atomic E-state index is 0. The van der Waals surface area contributed by atoms with Gasteiger partial charge in [-0.1, -0.05) is 458 Å². The van der Waals surface area contributed by atoms with Crippen molar-refractivity contribution in [1.29, 1.82) is 0 Å². The zero-order chi connectivity index (χ0) is 71.6. The summed E-state index contributed by atoms with van der Waals surface area (Å²) in [7, 11) is 0. The first kappa shape index (κ1) is 111. The minimum Gasteiger partial charge on any atom is -0.550 e. The molecule has 0 radical (unpaired) electrons. The van der Waals surface area contributed by atoms with Gasteiger partial charge in [0.25, 0.3) is 0 Å². The fraction of sp³-hybridized carbons (Fsp3) is 0.942. The molecule has 98 heavy (non-hydrogen) atoms. The summed E-state index contributed by atoms with van der Waals surface area (Å²) in [6.45, 7) is 11.3. The summed E-state index contributed by atoms with van der Waals surface area (Å²) < 4.78 is 0. The van der Waals surface area contributed by atoms with Crippen molar-refractivity contribution in [3.05, 3.63) is 0 Å². The van der Waals surface area contributed by atoms with Crippen molar-refractivity contribution in [2.75, 3.05) is 0 Å². The van der Waals surface area contributed by atoms with E-state index in [-0.39, 0.29) is 101 Å². The zero-order valence-electron chi connectivity index (χ0n) is 66.8. The van der Waals surface area contributed by atoms with E-state index in [0.717, 1.165) is 64.2 Å². The predicted octanol–water partition coefficient (Wildman–Crippen LogP) is 24.0. The Hall–Kier alpha value is -0.131. The van der Waals surface area contributed by atoms with Crippen LogP contribution in [0.1, 0.15) is 523 Å². The number of hydrogen-bond acceptors (Lipinski definition) is 9. The third-order valence-electron chi connectivity index (χ3n) is 18.9. The second kappa shape index (κ2) is 108. The summed E-state index contributed by atoms with van der Waals surface area (Å²) in [6, 6.07) is 0. The molecule has 0 rings (SSSR count). The average molecular weight is 1440 g/mol. The molecule has 576 valence electrons. The van der Waals surface area contributed by atoms with E-state index in [1.807, 2.05) is 0 Å². The molecule has 0 bridgehead atoms. The molecule has 0 heterocycles. The summed E-state index contributed by atoms with van der Waals surface area (Å²) in [6.07, 6.45) is 93.8. The van der Waals surface area contributed by atoms with Crippen molar-refractivity contribution in [3.63, 3.8) is 0 Å². The van der Waals surface area contributed by atoms with Crippen molar-refractivity contribution in [2.24, 2.45) is 0 Å². The number of hydrogen-bond donors (Lipinski definition) is 1. The van der Waals surface area contributed by atoms with Gasteiger partial charge in [0.05, 0.1) is 0 Å². The average Bonchev–Trinajstić information content (AvgIpc) is 3.59. The summed E-state index contributed by atoms with van der Waals surface area (Å²) in [5, 5.41) is 49.3. The van der Waals surface area contributed by atoms with Gasteiger partial charge in [0.2, 0.25) is 0 Å². The molecule has 10 nitrogen and oxygen atoms in total. The molecule has 0 aromatic heterocycles. The van der Waals surface area contributed by atoms with E-state index in [1.165, 1.54) is 392 Å². The van der Waals surface area contributed by atoms with Gasteiger partial charge in [0, 0.05) is 30.3 Å². The summed E-state index contributed by atoms with van der Waals surface area (Å²) in [4.78, 5) is 51.1. The van der Waals surface area contributed by atoms with Crippen molar-refractivity contribution in [1.82, 2.24) is 0 Å². The minimum atomic E-state index is -0.905. The number of carbonyl (C=O) groups excluding carboxylic acids is 4. The van der Waals surface area contributed by atoms with Gasteiger partial charge in [0.15, 0.2) is 0 Å². The Morgan fingerprint density at radius 3 is 0.327 bits per heavy atom. The van der Waals surface area contributed by atoms with Crippen LogP contribution in [-0.4, -0.2) is 110 Å². The number of unbranched alkanes of at least 4 members (excludes halogenated alkanes) is 66. The van der Waals surface area contributed by atoms with Crippen LogP contribution in [0.15, 0.2) is 0 Å². The van der Waals surface area contributed by atoms with Gasteiger partial charge in [-0.05, 0) is 57.8 Å². The fourth-order valence-electron chi connectivity index (χ4n) is 12.5. The summed E-state index contributed by atoms with van der Waals surface area (Å²) in [5.41, 5.74) is 0. The van der Waals surface area contributed by atoms with Crippen LogP contribution in [0.25, 0.3) is 0 Å². The molecule has 0 aliphatic rings. The standard InChI is InChI=1S/C22H44O2.4C16H32O2.2Ca/c1-2-3-4-5-6-7-8-9-10-11-12-13-14-15-16-17-18-19-20-21-22(23)24;4*1-2-3-4-5-6-7-8-9-10-11-12-13-14-15-16(17)18;;/h2-21H2,1H3,(H,23,24);4*2-15H2,1H3,(H,17,18);;/q;;;;;2*+2/p-4. The Kier molecular flexibility index (Phi) is 122. The second-order valence-corrected chi connectivity index (χ2v) is 29.0. The molecule has 0 aliphatic heterocycles. The van der Waals surface area contributed by atoms with Gasteiger partial charge in [-0.3, -0.25) is 4.79 Å². The molecule has 0 saturated carbocycles. The van der Waals surface area contributed by atoms with Gasteiger partial charge in [-0.2, -0.15) is 0 Å². The molecule has 0 aromatic rings. The molecule has 0 aromatic carbocycles. The number of carbonyl (C=O) groups is 5. The van der Waals surface area contributed by atoms with E-state index in [0.29, 0.717) is 6.42 Å². The van der Waals surface area contributed by atoms with Gasteiger partial charge in [-0.15, -0.1) is 0 Å². The number of carboxylic acid groups (broad SMARTS) is 5. The quantitative estimate of drug-likeness (QED) is 0.0452. The Labute approximate surface area is 671 Å². The Morgan fingerprint density at radius 1 is 0.163 bits per heavy atom. The monoisotopic (exact) mass is 1440 g/mol. The van der Waals surface area contributed by atoms with Crippen molar-refractivity contribution >= 4 is 105 Å². The number of rotatable bonds is 76. The molecule has 0 unspecified atom stereocenters. The first-order chi connectivity index (χ1) is 46.9. The molecular weight excluding hydrogens is 1270 g/mol. The van der Waals surface area contributed by atoms with Gasteiger partial charge in [-0.25, -0.2) is 0 Å². The Balaban J connectivity index is -0.000000211. The van der Waals surface area contributed by atoms with E-state index in [9.17, 15) is 44.4 Å². The SMILES string of the molecule is CCCCCCCCCCCCCCCC(=O)[O-].CCCCCCCCCCCCCCCC(=O)[O-].CCCCCCCCCCCCCCCC(=O)[O-].CCCCCCCCCCCCCCCC(=O)[O-].CCCCCCCCCCCCCCCCCCCCCC(=O)O.[Ca+2].[Ca+2]. The van der Waals surface area contributed by atoms with Crippen LogP contribution in [0.5, 0.6) is 0 Å².